The van der Waals surface area contributed by atoms with Gasteiger partial charge in [-0.3, -0.25) is 9.78 Å². The Balaban J connectivity index is 1.97. The number of aryl methyl sites for hydroxylation is 1. The van der Waals surface area contributed by atoms with E-state index in [4.69, 9.17) is 16.0 Å². The number of furan rings is 1. The number of halogens is 9. The first-order chi connectivity index (χ1) is 19.6. The van der Waals surface area contributed by atoms with E-state index in [-0.39, 0.29) is 28.5 Å². The van der Waals surface area contributed by atoms with Gasteiger partial charge < -0.3 is 14.5 Å². The molecule has 2 aromatic heterocycles. The Morgan fingerprint density at radius 3 is 2.31 bits per heavy atom. The Bertz CT molecular complexity index is 1560. The van der Waals surface area contributed by atoms with E-state index < -0.39 is 53.0 Å². The van der Waals surface area contributed by atoms with Crippen LogP contribution in [0.4, 0.5) is 35.1 Å². The van der Waals surface area contributed by atoms with Crippen molar-refractivity contribution in [3.63, 3.8) is 0 Å². The van der Waals surface area contributed by atoms with Gasteiger partial charge in [-0.25, -0.2) is 4.39 Å². The van der Waals surface area contributed by atoms with Crippen molar-refractivity contribution in [3.05, 3.63) is 118 Å². The average Bonchev–Trinajstić information content (AvgIpc) is 3.31. The fourth-order valence-electron chi connectivity index (χ4n) is 4.28. The van der Waals surface area contributed by atoms with Gasteiger partial charge in [-0.1, -0.05) is 41.9 Å². The molecule has 5 nitrogen and oxygen atoms in total. The minimum absolute atomic E-state index is 0.114. The monoisotopic (exact) mass is 618 g/mol. The molecular formula is C28H19ClF8N2O3. The SMILES string of the molecule is Cc1cc(C(=O)NC(Cc2ccccc2)(c2cc(F)cc(OC(F)(F)C(F)F)c2)c2ccc(Cl)cn2)c(C(F)(F)F)o1. The van der Waals surface area contributed by atoms with E-state index in [0.717, 1.165) is 24.4 Å². The second kappa shape index (κ2) is 11.6. The predicted octanol–water partition coefficient (Wildman–Crippen LogP) is 7.95. The van der Waals surface area contributed by atoms with Crippen molar-refractivity contribution < 1.29 is 49.1 Å². The minimum atomic E-state index is -5.08. The van der Waals surface area contributed by atoms with Crippen LogP contribution in [0.2, 0.25) is 5.02 Å². The van der Waals surface area contributed by atoms with Crippen LogP contribution in [0.3, 0.4) is 0 Å². The highest BCUT2D eigenvalue weighted by molar-refractivity contribution is 6.30. The Labute approximate surface area is 238 Å². The number of carbonyl (C=O) groups excluding carboxylic acids is 1. The van der Waals surface area contributed by atoms with Crippen molar-refractivity contribution >= 4 is 17.5 Å². The maximum atomic E-state index is 14.9. The maximum Gasteiger partial charge on any atom is 0.461 e. The highest BCUT2D eigenvalue weighted by Gasteiger charge is 2.46. The first kappa shape index (κ1) is 30.8. The third-order valence-corrected chi connectivity index (χ3v) is 6.26. The van der Waals surface area contributed by atoms with Gasteiger partial charge in [-0.2, -0.15) is 30.7 Å². The number of hydrogen-bond donors (Lipinski definition) is 1. The molecule has 2 heterocycles. The Morgan fingerprint density at radius 2 is 1.71 bits per heavy atom. The van der Waals surface area contributed by atoms with Crippen LogP contribution in [0, 0.1) is 12.7 Å². The van der Waals surface area contributed by atoms with E-state index in [1.165, 1.54) is 19.1 Å². The first-order valence-corrected chi connectivity index (χ1v) is 12.3. The summed E-state index contributed by atoms with van der Waals surface area (Å²) in [6.07, 6.45) is -13.6. The average molecular weight is 619 g/mol. The van der Waals surface area contributed by atoms with Gasteiger partial charge in [-0.15, -0.1) is 0 Å². The van der Waals surface area contributed by atoms with Crippen LogP contribution in [0.25, 0.3) is 0 Å². The lowest BCUT2D eigenvalue weighted by molar-refractivity contribution is -0.253. The number of aromatic nitrogens is 1. The van der Waals surface area contributed by atoms with Gasteiger partial charge in [0, 0.05) is 18.7 Å². The molecule has 4 rings (SSSR count). The number of benzene rings is 2. The lowest BCUT2D eigenvalue weighted by Crippen LogP contribution is -2.49. The second-order valence-corrected chi connectivity index (χ2v) is 9.56. The van der Waals surface area contributed by atoms with Gasteiger partial charge in [0.2, 0.25) is 5.76 Å². The third-order valence-electron chi connectivity index (χ3n) is 6.03. The summed E-state index contributed by atoms with van der Waals surface area (Å²) in [5, 5.41) is 2.57. The number of alkyl halides is 7. The number of nitrogens with zero attached hydrogens (tertiary/aromatic N) is 1. The van der Waals surface area contributed by atoms with Crippen molar-refractivity contribution in [3.8, 4) is 5.75 Å². The van der Waals surface area contributed by atoms with Crippen LogP contribution in [0.1, 0.15) is 38.7 Å². The zero-order valence-electron chi connectivity index (χ0n) is 21.3. The van der Waals surface area contributed by atoms with Crippen LogP contribution < -0.4 is 10.1 Å². The molecule has 14 heteroatoms. The molecule has 0 aliphatic rings. The molecule has 1 N–H and O–H groups in total. The molecule has 0 spiro atoms. The summed E-state index contributed by atoms with van der Waals surface area (Å²) in [7, 11) is 0. The molecule has 1 unspecified atom stereocenters. The number of ether oxygens (including phenoxy) is 1. The molecule has 0 aliphatic carbocycles. The number of rotatable bonds is 9. The van der Waals surface area contributed by atoms with Crippen molar-refractivity contribution in [2.45, 2.75) is 37.6 Å². The van der Waals surface area contributed by atoms with Crippen molar-refractivity contribution in [2.75, 3.05) is 0 Å². The molecule has 4 aromatic rings. The third kappa shape index (κ3) is 6.67. The zero-order valence-corrected chi connectivity index (χ0v) is 22.0. The molecule has 0 fully saturated rings. The standard InChI is InChI=1S/C28H19ClF8N2O3/c1-15-9-21(23(41-15)27(33,34)35)24(40)39-26(13-16-5-3-2-4-6-16,22-8-7-18(29)14-38-22)17-10-19(30)12-20(11-17)42-28(36,37)25(31)32/h2-12,14,25H,13H2,1H3,(H,39,40). The van der Waals surface area contributed by atoms with Crippen molar-refractivity contribution in [1.29, 1.82) is 0 Å². The molecule has 1 atom stereocenters. The quantitative estimate of drug-likeness (QED) is 0.193. The van der Waals surface area contributed by atoms with E-state index in [0.29, 0.717) is 11.6 Å². The Hall–Kier alpha value is -4.13. The molecule has 0 radical (unpaired) electrons. The van der Waals surface area contributed by atoms with Gasteiger partial charge >= 0.3 is 18.7 Å². The summed E-state index contributed by atoms with van der Waals surface area (Å²) in [4.78, 5) is 17.7. The van der Waals surface area contributed by atoms with Crippen molar-refractivity contribution in [1.82, 2.24) is 10.3 Å². The lowest BCUT2D eigenvalue weighted by Gasteiger charge is -2.36. The molecule has 0 saturated heterocycles. The fourth-order valence-corrected chi connectivity index (χ4v) is 4.39. The number of pyridine rings is 1. The largest absolute Gasteiger partial charge is 0.461 e. The lowest BCUT2D eigenvalue weighted by atomic mass is 9.80. The summed E-state index contributed by atoms with van der Waals surface area (Å²) in [6, 6.07) is 13.4. The molecule has 2 aromatic carbocycles. The normalized spacial score (nSPS) is 13.6. The maximum absolute atomic E-state index is 14.9. The van der Waals surface area contributed by atoms with E-state index in [1.807, 2.05) is 0 Å². The molecule has 0 aliphatic heterocycles. The highest BCUT2D eigenvalue weighted by Crippen LogP contribution is 2.39. The van der Waals surface area contributed by atoms with Gasteiger partial charge in [0.05, 0.1) is 16.3 Å². The zero-order chi connectivity index (χ0) is 30.9. The molecule has 222 valence electrons. The van der Waals surface area contributed by atoms with Gasteiger partial charge in [0.15, 0.2) is 0 Å². The summed E-state index contributed by atoms with van der Waals surface area (Å²) >= 11 is 5.97. The Kier molecular flexibility index (Phi) is 8.53. The smallest absolute Gasteiger partial charge is 0.456 e. The highest BCUT2D eigenvalue weighted by atomic mass is 35.5. The number of hydrogen-bond acceptors (Lipinski definition) is 4. The van der Waals surface area contributed by atoms with Crippen LogP contribution >= 0.6 is 11.6 Å². The summed E-state index contributed by atoms with van der Waals surface area (Å²) in [6.45, 7) is 1.18. The van der Waals surface area contributed by atoms with Gasteiger partial charge in [0.25, 0.3) is 5.91 Å². The van der Waals surface area contributed by atoms with Crippen LogP contribution in [0.5, 0.6) is 5.75 Å². The molecule has 0 bridgehead atoms. The van der Waals surface area contributed by atoms with Crippen LogP contribution in [0.15, 0.2) is 77.3 Å². The number of carbonyl (C=O) groups is 1. The fraction of sp³-hybridized carbons (Fsp3) is 0.214. The number of nitrogens with one attached hydrogen (secondary N) is 1. The van der Waals surface area contributed by atoms with E-state index in [9.17, 15) is 39.9 Å². The second-order valence-electron chi connectivity index (χ2n) is 9.12. The van der Waals surface area contributed by atoms with Crippen LogP contribution in [-0.2, 0) is 18.1 Å². The van der Waals surface area contributed by atoms with Gasteiger partial charge in [-0.05, 0) is 48.4 Å². The van der Waals surface area contributed by atoms with Crippen LogP contribution in [-0.4, -0.2) is 23.4 Å². The van der Waals surface area contributed by atoms with Crippen molar-refractivity contribution in [2.24, 2.45) is 0 Å². The first-order valence-electron chi connectivity index (χ1n) is 11.9. The van der Waals surface area contributed by atoms with E-state index in [1.54, 1.807) is 30.3 Å². The predicted molar refractivity (Wildman–Crippen MR) is 134 cm³/mol. The van der Waals surface area contributed by atoms with E-state index >= 15 is 0 Å². The summed E-state index contributed by atoms with van der Waals surface area (Å²) in [5.74, 6) is -5.51. The molecule has 1 amide bonds. The topological polar surface area (TPSA) is 64.4 Å². The molecule has 42 heavy (non-hydrogen) atoms. The van der Waals surface area contributed by atoms with Gasteiger partial charge in [0.1, 0.15) is 22.9 Å². The number of amides is 1. The Morgan fingerprint density at radius 1 is 1.02 bits per heavy atom. The minimum Gasteiger partial charge on any atom is -0.456 e. The van der Waals surface area contributed by atoms with E-state index in [2.05, 4.69) is 15.0 Å². The summed E-state index contributed by atoms with van der Waals surface area (Å²) in [5.41, 5.74) is -3.09. The summed E-state index contributed by atoms with van der Waals surface area (Å²) < 4.78 is 118. The molecular weight excluding hydrogens is 600 g/mol. The molecule has 0 saturated carbocycles.